The van der Waals surface area contributed by atoms with Crippen LogP contribution in [-0.4, -0.2) is 0 Å². The number of hydrogen-bond donors (Lipinski definition) is 0. The van der Waals surface area contributed by atoms with Crippen LogP contribution in [0.1, 0.15) is 54.9 Å². The largest absolute Gasteiger partial charge is 0.0764 e. The number of fused-ring (bicyclic) bond motifs is 2. The second kappa shape index (κ2) is 5.23. The Morgan fingerprint density at radius 1 is 1.18 bits per heavy atom. The van der Waals surface area contributed by atoms with Gasteiger partial charge in [0.25, 0.3) is 0 Å². The Labute approximate surface area is 124 Å². The van der Waals surface area contributed by atoms with Crippen LogP contribution in [0.25, 0.3) is 6.08 Å². The zero-order chi connectivity index (χ0) is 11.1. The van der Waals surface area contributed by atoms with E-state index < -0.39 is 0 Å². The summed E-state index contributed by atoms with van der Waals surface area (Å²) in [6.07, 6.45) is 9.99. The third-order valence-electron chi connectivity index (χ3n) is 3.93. The van der Waals surface area contributed by atoms with Gasteiger partial charge in [-0.2, -0.15) is 0 Å². The van der Waals surface area contributed by atoms with Gasteiger partial charge in [0.2, 0.25) is 0 Å². The molecule has 2 aliphatic rings. The molecule has 0 saturated heterocycles. The Balaban J connectivity index is 0.00000108. The summed E-state index contributed by atoms with van der Waals surface area (Å²) in [7, 11) is 0. The molecule has 0 radical (unpaired) electrons. The van der Waals surface area contributed by atoms with Crippen molar-refractivity contribution >= 4 is 6.08 Å². The van der Waals surface area contributed by atoms with Crippen molar-refractivity contribution in [2.45, 2.75) is 45.4 Å². The zero-order valence-electron chi connectivity index (χ0n) is 10.8. The minimum atomic E-state index is 0. The average molecular weight is 304 g/mol. The number of hydrogen-bond acceptors (Lipinski definition) is 0. The van der Waals surface area contributed by atoms with Crippen molar-refractivity contribution in [1.82, 2.24) is 0 Å². The molecule has 17 heavy (non-hydrogen) atoms. The van der Waals surface area contributed by atoms with Gasteiger partial charge in [0.1, 0.15) is 0 Å². The third kappa shape index (κ3) is 2.50. The second-order valence-corrected chi connectivity index (χ2v) is 5.70. The minimum absolute atomic E-state index is 0. The fourth-order valence-electron chi connectivity index (χ4n) is 3.16. The molecule has 0 saturated carbocycles. The van der Waals surface area contributed by atoms with E-state index in [1.807, 2.05) is 0 Å². The SMILES string of the molecule is CC(C)CC1C=Cc2cc3c(cc21)CCC3.[Zr]. The van der Waals surface area contributed by atoms with Gasteiger partial charge in [-0.15, -0.1) is 0 Å². The Kier molecular flexibility index (Phi) is 4.08. The topological polar surface area (TPSA) is 0 Å². The van der Waals surface area contributed by atoms with Crippen molar-refractivity contribution in [3.8, 4) is 0 Å². The van der Waals surface area contributed by atoms with E-state index in [9.17, 15) is 0 Å². The van der Waals surface area contributed by atoms with Crippen molar-refractivity contribution in [3.05, 3.63) is 40.5 Å². The summed E-state index contributed by atoms with van der Waals surface area (Å²) in [6, 6.07) is 4.93. The van der Waals surface area contributed by atoms with E-state index in [2.05, 4.69) is 38.1 Å². The maximum absolute atomic E-state index is 2.49. The summed E-state index contributed by atoms with van der Waals surface area (Å²) in [6.45, 7) is 4.64. The Bertz CT molecular complexity index is 443. The minimum Gasteiger partial charge on any atom is -0.0764 e. The van der Waals surface area contributed by atoms with Crippen LogP contribution in [0.4, 0.5) is 0 Å². The molecule has 1 aromatic carbocycles. The van der Waals surface area contributed by atoms with Gasteiger partial charge in [-0.1, -0.05) is 38.1 Å². The summed E-state index contributed by atoms with van der Waals surface area (Å²) < 4.78 is 0. The molecule has 0 spiro atoms. The predicted octanol–water partition coefficient (Wildman–Crippen LogP) is 4.33. The van der Waals surface area contributed by atoms with Crippen LogP contribution in [0, 0.1) is 5.92 Å². The standard InChI is InChI=1S/C16H20.Zr/c1-11(2)8-14-6-7-15-9-12-4-3-5-13(12)10-16(14)15;/h6-7,9-11,14H,3-5,8H2,1-2H3;. The molecular weight excluding hydrogens is 283 g/mol. The summed E-state index contributed by atoms with van der Waals surface area (Å²) in [5.74, 6) is 1.47. The van der Waals surface area contributed by atoms with E-state index in [1.54, 1.807) is 16.7 Å². The van der Waals surface area contributed by atoms with Gasteiger partial charge in [0.05, 0.1) is 0 Å². The first kappa shape index (κ1) is 13.3. The monoisotopic (exact) mass is 302 g/mol. The van der Waals surface area contributed by atoms with Crippen LogP contribution in [0.3, 0.4) is 0 Å². The third-order valence-corrected chi connectivity index (χ3v) is 3.93. The van der Waals surface area contributed by atoms with E-state index in [4.69, 9.17) is 0 Å². The van der Waals surface area contributed by atoms with E-state index >= 15 is 0 Å². The fourth-order valence-corrected chi connectivity index (χ4v) is 3.16. The van der Waals surface area contributed by atoms with E-state index in [0.29, 0.717) is 5.92 Å². The summed E-state index contributed by atoms with van der Waals surface area (Å²) >= 11 is 0. The normalized spacial score (nSPS) is 20.3. The van der Waals surface area contributed by atoms with Gasteiger partial charge in [-0.3, -0.25) is 0 Å². The van der Waals surface area contributed by atoms with Crippen LogP contribution < -0.4 is 0 Å². The van der Waals surface area contributed by atoms with Crippen molar-refractivity contribution < 1.29 is 26.2 Å². The van der Waals surface area contributed by atoms with Gasteiger partial charge in [0, 0.05) is 32.1 Å². The van der Waals surface area contributed by atoms with E-state index in [1.165, 1.54) is 31.2 Å². The molecule has 0 bridgehead atoms. The number of aryl methyl sites for hydroxylation is 2. The predicted molar refractivity (Wildman–Crippen MR) is 69.7 cm³/mol. The Morgan fingerprint density at radius 3 is 2.59 bits per heavy atom. The average Bonchev–Trinajstić information content (AvgIpc) is 2.81. The quantitative estimate of drug-likeness (QED) is 0.763. The summed E-state index contributed by atoms with van der Waals surface area (Å²) in [5.41, 5.74) is 6.31. The van der Waals surface area contributed by atoms with Crippen molar-refractivity contribution in [2.24, 2.45) is 5.92 Å². The van der Waals surface area contributed by atoms with E-state index in [-0.39, 0.29) is 26.2 Å². The molecule has 1 atom stereocenters. The first-order valence-electron chi connectivity index (χ1n) is 6.58. The molecule has 0 aromatic heterocycles. The van der Waals surface area contributed by atoms with Crippen LogP contribution in [-0.2, 0) is 39.0 Å². The summed E-state index contributed by atoms with van der Waals surface area (Å²) in [4.78, 5) is 0. The van der Waals surface area contributed by atoms with E-state index in [0.717, 1.165) is 5.92 Å². The molecule has 1 unspecified atom stereocenters. The molecule has 88 valence electrons. The summed E-state index contributed by atoms with van der Waals surface area (Å²) in [5, 5.41) is 0. The molecule has 0 nitrogen and oxygen atoms in total. The molecule has 0 aliphatic heterocycles. The van der Waals surface area contributed by atoms with Crippen molar-refractivity contribution in [1.29, 1.82) is 0 Å². The molecular formula is C16H20Zr. The van der Waals surface area contributed by atoms with Gasteiger partial charge in [-0.25, -0.2) is 0 Å². The molecule has 0 fully saturated rings. The number of benzene rings is 1. The van der Waals surface area contributed by atoms with Crippen LogP contribution in [0.15, 0.2) is 18.2 Å². The second-order valence-electron chi connectivity index (χ2n) is 5.70. The smallest absolute Gasteiger partial charge is 0.00297 e. The molecule has 0 amide bonds. The number of rotatable bonds is 2. The van der Waals surface area contributed by atoms with Gasteiger partial charge < -0.3 is 0 Å². The van der Waals surface area contributed by atoms with Crippen LogP contribution in [0.5, 0.6) is 0 Å². The van der Waals surface area contributed by atoms with Crippen molar-refractivity contribution in [2.75, 3.05) is 0 Å². The van der Waals surface area contributed by atoms with Gasteiger partial charge in [0.15, 0.2) is 0 Å². The van der Waals surface area contributed by atoms with Crippen LogP contribution in [0.2, 0.25) is 0 Å². The molecule has 0 heterocycles. The molecule has 0 N–H and O–H groups in total. The Morgan fingerprint density at radius 2 is 1.88 bits per heavy atom. The van der Waals surface area contributed by atoms with Gasteiger partial charge >= 0.3 is 0 Å². The maximum atomic E-state index is 2.49. The molecule has 2 aliphatic carbocycles. The van der Waals surface area contributed by atoms with Gasteiger partial charge in [-0.05, 0) is 53.9 Å². The molecule has 1 aromatic rings. The fraction of sp³-hybridized carbons (Fsp3) is 0.500. The maximum Gasteiger partial charge on any atom is 0.00297 e. The molecule has 3 rings (SSSR count). The molecule has 1 heteroatoms. The van der Waals surface area contributed by atoms with Crippen LogP contribution >= 0.6 is 0 Å². The first-order valence-corrected chi connectivity index (χ1v) is 6.58. The zero-order valence-corrected chi connectivity index (χ0v) is 13.3. The Hall–Kier alpha value is -0.157. The van der Waals surface area contributed by atoms with Crippen molar-refractivity contribution in [3.63, 3.8) is 0 Å². The first-order chi connectivity index (χ1) is 7.74. The number of allylic oxidation sites excluding steroid dienone is 1.